The first-order chi connectivity index (χ1) is 9.97. The van der Waals surface area contributed by atoms with Gasteiger partial charge in [0.15, 0.2) is 5.13 Å². The summed E-state index contributed by atoms with van der Waals surface area (Å²) < 4.78 is 5.26. The molecule has 1 amide bonds. The predicted molar refractivity (Wildman–Crippen MR) is 81.5 cm³/mol. The predicted octanol–water partition coefficient (Wildman–Crippen LogP) is 3.08. The Hall–Kier alpha value is -2.21. The van der Waals surface area contributed by atoms with Crippen LogP contribution in [-0.4, -0.2) is 16.9 Å². The van der Waals surface area contributed by atoms with E-state index in [1.165, 1.54) is 18.3 Å². The lowest BCUT2D eigenvalue weighted by atomic mass is 10.0. The fourth-order valence-electron chi connectivity index (χ4n) is 1.77. The van der Waals surface area contributed by atoms with Crippen LogP contribution in [0.15, 0.2) is 23.6 Å². The number of amides is 1. The minimum Gasteiger partial charge on any atom is -0.456 e. The second kappa shape index (κ2) is 6.49. The molecule has 0 bridgehead atoms. The molecule has 0 radical (unpaired) electrons. The average Bonchev–Trinajstić information content (AvgIpc) is 2.86. The number of ether oxygens (including phenoxy) is 1. The van der Waals surface area contributed by atoms with Crippen molar-refractivity contribution in [2.75, 3.05) is 5.32 Å². The third kappa shape index (κ3) is 3.88. The molecule has 0 fully saturated rings. The van der Waals surface area contributed by atoms with Crippen molar-refractivity contribution in [1.29, 1.82) is 0 Å². The molecule has 5 nitrogen and oxygen atoms in total. The average molecular weight is 304 g/mol. The highest BCUT2D eigenvalue weighted by molar-refractivity contribution is 7.13. The normalized spacial score (nSPS) is 10.2. The Kier molecular flexibility index (Phi) is 4.70. The number of rotatable bonds is 4. The van der Waals surface area contributed by atoms with Crippen molar-refractivity contribution in [3.8, 4) is 0 Å². The topological polar surface area (TPSA) is 68.3 Å². The van der Waals surface area contributed by atoms with Crippen molar-refractivity contribution in [1.82, 2.24) is 4.98 Å². The highest BCUT2D eigenvalue weighted by atomic mass is 32.1. The van der Waals surface area contributed by atoms with Crippen molar-refractivity contribution in [2.24, 2.45) is 0 Å². The number of hydrogen-bond donors (Lipinski definition) is 1. The fourth-order valence-corrected chi connectivity index (χ4v) is 2.51. The number of thiazole rings is 1. The molecule has 0 spiro atoms. The first kappa shape index (κ1) is 15.2. The van der Waals surface area contributed by atoms with Gasteiger partial charge in [0.2, 0.25) is 5.91 Å². The Bertz CT molecular complexity index is 679. The van der Waals surface area contributed by atoms with Crippen LogP contribution in [0.5, 0.6) is 0 Å². The molecule has 6 heteroatoms. The molecule has 2 aromatic rings. The van der Waals surface area contributed by atoms with Crippen LogP contribution in [0.2, 0.25) is 0 Å². The molecule has 0 aliphatic heterocycles. The van der Waals surface area contributed by atoms with E-state index in [0.29, 0.717) is 16.4 Å². The number of carbonyl (C=O) groups excluding carboxylic acids is 2. The molecule has 0 aliphatic rings. The van der Waals surface area contributed by atoms with E-state index < -0.39 is 0 Å². The van der Waals surface area contributed by atoms with Gasteiger partial charge in [-0.1, -0.05) is 12.1 Å². The largest absolute Gasteiger partial charge is 0.456 e. The Morgan fingerprint density at radius 3 is 2.81 bits per heavy atom. The Balaban J connectivity index is 1.99. The van der Waals surface area contributed by atoms with Gasteiger partial charge >= 0.3 is 5.97 Å². The minimum atomic E-state index is -0.370. The van der Waals surface area contributed by atoms with Crippen molar-refractivity contribution in [2.45, 2.75) is 27.4 Å². The van der Waals surface area contributed by atoms with Gasteiger partial charge in [-0.15, -0.1) is 11.3 Å². The zero-order valence-corrected chi connectivity index (χ0v) is 12.9. The number of nitrogens with one attached hydrogen (secondary N) is 1. The van der Waals surface area contributed by atoms with Crippen molar-refractivity contribution >= 4 is 28.3 Å². The monoisotopic (exact) mass is 304 g/mol. The number of hydrogen-bond acceptors (Lipinski definition) is 5. The van der Waals surface area contributed by atoms with Crippen LogP contribution < -0.4 is 5.32 Å². The number of benzene rings is 1. The molecule has 1 aromatic carbocycles. The zero-order chi connectivity index (χ0) is 15.4. The van der Waals surface area contributed by atoms with Crippen LogP contribution >= 0.6 is 11.3 Å². The third-order valence-corrected chi connectivity index (χ3v) is 3.82. The molecular weight excluding hydrogens is 288 g/mol. The maximum atomic E-state index is 12.1. The number of carbonyl (C=O) groups is 2. The van der Waals surface area contributed by atoms with Gasteiger partial charge in [0.25, 0.3) is 0 Å². The van der Waals surface area contributed by atoms with Crippen LogP contribution in [-0.2, 0) is 16.1 Å². The maximum absolute atomic E-state index is 12.1. The highest BCUT2D eigenvalue weighted by Gasteiger charge is 2.12. The van der Waals surface area contributed by atoms with E-state index in [1.807, 2.05) is 26.0 Å². The smallest absolute Gasteiger partial charge is 0.338 e. The van der Waals surface area contributed by atoms with E-state index in [4.69, 9.17) is 4.74 Å². The summed E-state index contributed by atoms with van der Waals surface area (Å²) in [5.74, 6) is -0.548. The molecule has 1 heterocycles. The second-order valence-corrected chi connectivity index (χ2v) is 5.51. The number of anilines is 1. The van der Waals surface area contributed by atoms with Gasteiger partial charge in [-0.3, -0.25) is 4.79 Å². The van der Waals surface area contributed by atoms with Gasteiger partial charge in [0, 0.05) is 12.3 Å². The summed E-state index contributed by atoms with van der Waals surface area (Å²) >= 11 is 1.30. The van der Waals surface area contributed by atoms with E-state index >= 15 is 0 Å². The van der Waals surface area contributed by atoms with Gasteiger partial charge in [-0.2, -0.15) is 0 Å². The van der Waals surface area contributed by atoms with Gasteiger partial charge in [-0.05, 0) is 31.0 Å². The summed E-state index contributed by atoms with van der Waals surface area (Å²) in [6, 6.07) is 5.53. The molecule has 0 saturated carbocycles. The SMILES string of the molecule is CC(=O)Nc1nc(COC(=O)c2cccc(C)c2C)cs1. The Labute approximate surface area is 127 Å². The van der Waals surface area contributed by atoms with Crippen LogP contribution in [0.25, 0.3) is 0 Å². The minimum absolute atomic E-state index is 0.0856. The van der Waals surface area contributed by atoms with Crippen molar-refractivity contribution in [3.05, 3.63) is 46.0 Å². The summed E-state index contributed by atoms with van der Waals surface area (Å²) in [6.07, 6.45) is 0. The zero-order valence-electron chi connectivity index (χ0n) is 12.1. The summed E-state index contributed by atoms with van der Waals surface area (Å²) in [4.78, 5) is 27.1. The van der Waals surface area contributed by atoms with E-state index in [-0.39, 0.29) is 18.5 Å². The lowest BCUT2D eigenvalue weighted by Gasteiger charge is -2.07. The molecule has 2 rings (SSSR count). The van der Waals surface area contributed by atoms with Crippen molar-refractivity contribution < 1.29 is 14.3 Å². The lowest BCUT2D eigenvalue weighted by Crippen LogP contribution is -2.08. The molecular formula is C15H16N2O3S. The summed E-state index contributed by atoms with van der Waals surface area (Å²) in [5, 5.41) is 4.84. The Morgan fingerprint density at radius 1 is 1.33 bits per heavy atom. The Morgan fingerprint density at radius 2 is 2.10 bits per heavy atom. The van der Waals surface area contributed by atoms with E-state index in [0.717, 1.165) is 11.1 Å². The van der Waals surface area contributed by atoms with Crippen molar-refractivity contribution in [3.63, 3.8) is 0 Å². The number of aromatic nitrogens is 1. The number of nitrogens with zero attached hydrogens (tertiary/aromatic N) is 1. The third-order valence-electron chi connectivity index (χ3n) is 3.01. The van der Waals surface area contributed by atoms with Gasteiger partial charge < -0.3 is 10.1 Å². The molecule has 110 valence electrons. The lowest BCUT2D eigenvalue weighted by molar-refractivity contribution is -0.114. The molecule has 0 aliphatic carbocycles. The fraction of sp³-hybridized carbons (Fsp3) is 0.267. The van der Waals surface area contributed by atoms with Gasteiger partial charge in [-0.25, -0.2) is 9.78 Å². The van der Waals surface area contributed by atoms with Gasteiger partial charge in [0.1, 0.15) is 6.61 Å². The van der Waals surface area contributed by atoms with E-state index in [2.05, 4.69) is 10.3 Å². The highest BCUT2D eigenvalue weighted by Crippen LogP contribution is 2.18. The first-order valence-electron chi connectivity index (χ1n) is 6.42. The van der Waals surface area contributed by atoms with Crippen LogP contribution in [0, 0.1) is 13.8 Å². The second-order valence-electron chi connectivity index (χ2n) is 4.65. The summed E-state index contributed by atoms with van der Waals surface area (Å²) in [6.45, 7) is 5.35. The summed E-state index contributed by atoms with van der Waals surface area (Å²) in [5.41, 5.74) is 3.14. The molecule has 21 heavy (non-hydrogen) atoms. The number of aryl methyl sites for hydroxylation is 1. The molecule has 1 aromatic heterocycles. The first-order valence-corrected chi connectivity index (χ1v) is 7.30. The quantitative estimate of drug-likeness (QED) is 0.881. The van der Waals surface area contributed by atoms with Crippen LogP contribution in [0.4, 0.5) is 5.13 Å². The number of esters is 1. The summed E-state index contributed by atoms with van der Waals surface area (Å²) in [7, 11) is 0. The van der Waals surface area contributed by atoms with E-state index in [9.17, 15) is 9.59 Å². The van der Waals surface area contributed by atoms with Crippen LogP contribution in [0.3, 0.4) is 0 Å². The maximum Gasteiger partial charge on any atom is 0.338 e. The van der Waals surface area contributed by atoms with E-state index in [1.54, 1.807) is 11.4 Å². The van der Waals surface area contributed by atoms with Crippen LogP contribution in [0.1, 0.15) is 34.1 Å². The molecule has 1 N–H and O–H groups in total. The molecule has 0 atom stereocenters. The van der Waals surface area contributed by atoms with Gasteiger partial charge in [0.05, 0.1) is 11.3 Å². The standard InChI is InChI=1S/C15H16N2O3S/c1-9-5-4-6-13(10(9)2)14(19)20-7-12-8-21-15(17-12)16-11(3)18/h4-6,8H,7H2,1-3H3,(H,16,17,18). The molecule has 0 unspecified atom stereocenters. The molecule has 0 saturated heterocycles.